The van der Waals surface area contributed by atoms with E-state index in [0.717, 1.165) is 17.5 Å². The van der Waals surface area contributed by atoms with E-state index in [0.29, 0.717) is 34.6 Å². The van der Waals surface area contributed by atoms with Crippen molar-refractivity contribution < 1.29 is 13.7 Å². The molecule has 4 aromatic rings. The van der Waals surface area contributed by atoms with Crippen LogP contribution in [0, 0.1) is 6.92 Å². The van der Waals surface area contributed by atoms with Gasteiger partial charge in [0.25, 0.3) is 5.91 Å². The van der Waals surface area contributed by atoms with Crippen molar-refractivity contribution in [1.29, 1.82) is 0 Å². The Morgan fingerprint density at radius 2 is 1.87 bits per heavy atom. The minimum atomic E-state index is -0.287. The highest BCUT2D eigenvalue weighted by molar-refractivity contribution is 6.33. The van der Waals surface area contributed by atoms with Gasteiger partial charge < -0.3 is 13.8 Å². The molecule has 1 amide bonds. The number of carbonyl (C=O) groups is 1. The zero-order chi connectivity index (χ0) is 21.8. The molecule has 0 fully saturated rings. The third-order valence-corrected chi connectivity index (χ3v) is 5.08. The molecule has 31 heavy (non-hydrogen) atoms. The summed E-state index contributed by atoms with van der Waals surface area (Å²) < 4.78 is 11.1. The number of nitrogens with zero attached hydrogens (tertiary/aromatic N) is 4. The molecule has 0 saturated heterocycles. The maximum absolute atomic E-state index is 13.1. The van der Waals surface area contributed by atoms with Crippen molar-refractivity contribution in [2.45, 2.75) is 26.8 Å². The average molecular weight is 437 g/mol. The Kier molecular flexibility index (Phi) is 6.13. The Bertz CT molecular complexity index is 1180. The topological polar surface area (TPSA) is 85.3 Å². The van der Waals surface area contributed by atoms with E-state index >= 15 is 0 Å². The van der Waals surface area contributed by atoms with E-state index in [9.17, 15) is 4.79 Å². The van der Waals surface area contributed by atoms with Crippen molar-refractivity contribution in [3.05, 3.63) is 76.8 Å². The van der Waals surface area contributed by atoms with Crippen molar-refractivity contribution >= 4 is 17.5 Å². The number of aromatic nitrogens is 3. The lowest BCUT2D eigenvalue weighted by Crippen LogP contribution is -2.31. The van der Waals surface area contributed by atoms with Crippen molar-refractivity contribution in [2.75, 3.05) is 6.54 Å². The van der Waals surface area contributed by atoms with E-state index in [-0.39, 0.29) is 18.2 Å². The molecule has 2 aromatic carbocycles. The predicted octanol–water partition coefficient (Wildman–Crippen LogP) is 5.41. The molecular formula is C23H21ClN4O3. The standard InChI is InChI=1S/C23H21ClN4O3/c1-3-12-28(14-21-25-26-22(30-21)17-6-4-5-7-18(17)24)23(29)20-13-19(27-31-20)16-10-8-15(2)9-11-16/h4-11,13H,3,12,14H2,1-2H3. The third-order valence-electron chi connectivity index (χ3n) is 4.75. The van der Waals surface area contributed by atoms with Gasteiger partial charge in [0.1, 0.15) is 5.69 Å². The van der Waals surface area contributed by atoms with Crippen LogP contribution in [0.1, 0.15) is 35.4 Å². The number of amides is 1. The largest absolute Gasteiger partial charge is 0.419 e. The zero-order valence-electron chi connectivity index (χ0n) is 17.2. The van der Waals surface area contributed by atoms with Crippen LogP contribution in [-0.2, 0) is 6.54 Å². The number of halogens is 1. The summed E-state index contributed by atoms with van der Waals surface area (Å²) in [6.07, 6.45) is 0.760. The third kappa shape index (κ3) is 4.67. The summed E-state index contributed by atoms with van der Waals surface area (Å²) in [6.45, 7) is 4.66. The van der Waals surface area contributed by atoms with Crippen LogP contribution in [0.5, 0.6) is 0 Å². The van der Waals surface area contributed by atoms with E-state index in [1.54, 1.807) is 23.1 Å². The molecule has 7 nitrogen and oxygen atoms in total. The molecule has 4 rings (SSSR count). The molecule has 2 heterocycles. The Morgan fingerprint density at radius 3 is 2.61 bits per heavy atom. The molecule has 2 aromatic heterocycles. The van der Waals surface area contributed by atoms with Gasteiger partial charge in [0.05, 0.1) is 17.1 Å². The number of benzene rings is 2. The van der Waals surface area contributed by atoms with Crippen molar-refractivity contribution in [3.8, 4) is 22.7 Å². The Morgan fingerprint density at radius 1 is 1.10 bits per heavy atom. The molecule has 0 unspecified atom stereocenters. The van der Waals surface area contributed by atoms with Gasteiger partial charge in [0.15, 0.2) is 0 Å². The van der Waals surface area contributed by atoms with E-state index in [1.807, 2.05) is 50.2 Å². The molecule has 8 heteroatoms. The normalized spacial score (nSPS) is 10.9. The zero-order valence-corrected chi connectivity index (χ0v) is 18.0. The smallest absolute Gasteiger partial charge is 0.292 e. The van der Waals surface area contributed by atoms with Crippen molar-refractivity contribution in [3.63, 3.8) is 0 Å². The summed E-state index contributed by atoms with van der Waals surface area (Å²) in [7, 11) is 0. The molecular weight excluding hydrogens is 416 g/mol. The lowest BCUT2D eigenvalue weighted by molar-refractivity contribution is 0.0686. The average Bonchev–Trinajstić information content (AvgIpc) is 3.44. The molecule has 0 aliphatic carbocycles. The van der Waals surface area contributed by atoms with Crippen LogP contribution in [0.2, 0.25) is 5.02 Å². The summed E-state index contributed by atoms with van der Waals surface area (Å²) in [5.74, 6) is 0.501. The van der Waals surface area contributed by atoms with Crippen LogP contribution in [0.3, 0.4) is 0 Å². The predicted molar refractivity (Wildman–Crippen MR) is 116 cm³/mol. The van der Waals surface area contributed by atoms with Crippen LogP contribution in [0.15, 0.2) is 63.5 Å². The second-order valence-electron chi connectivity index (χ2n) is 7.15. The fraction of sp³-hybridized carbons (Fsp3) is 0.217. The summed E-state index contributed by atoms with van der Waals surface area (Å²) in [5, 5.41) is 12.7. The van der Waals surface area contributed by atoms with Gasteiger partial charge in [-0.1, -0.05) is 65.6 Å². The maximum atomic E-state index is 13.1. The molecule has 0 bridgehead atoms. The number of hydrogen-bond donors (Lipinski definition) is 0. The monoisotopic (exact) mass is 436 g/mol. The highest BCUT2D eigenvalue weighted by atomic mass is 35.5. The molecule has 0 saturated carbocycles. The van der Waals surface area contributed by atoms with Gasteiger partial charge in [-0.2, -0.15) is 0 Å². The van der Waals surface area contributed by atoms with Gasteiger partial charge in [-0.25, -0.2) is 0 Å². The molecule has 0 radical (unpaired) electrons. The van der Waals surface area contributed by atoms with Gasteiger partial charge in [-0.15, -0.1) is 10.2 Å². The van der Waals surface area contributed by atoms with E-state index in [1.165, 1.54) is 0 Å². The quantitative estimate of drug-likeness (QED) is 0.385. The second kappa shape index (κ2) is 9.14. The van der Waals surface area contributed by atoms with Crippen molar-refractivity contribution in [2.24, 2.45) is 0 Å². The minimum absolute atomic E-state index is 0.157. The van der Waals surface area contributed by atoms with Gasteiger partial charge in [0, 0.05) is 18.2 Å². The van der Waals surface area contributed by atoms with Crippen LogP contribution >= 0.6 is 11.6 Å². The number of rotatable bonds is 7. The summed E-state index contributed by atoms with van der Waals surface area (Å²) >= 11 is 6.20. The maximum Gasteiger partial charge on any atom is 0.292 e. The highest BCUT2D eigenvalue weighted by Gasteiger charge is 2.23. The molecule has 0 N–H and O–H groups in total. The Hall–Kier alpha value is -3.45. The molecule has 158 valence electrons. The fourth-order valence-corrected chi connectivity index (χ4v) is 3.36. The first-order valence-corrected chi connectivity index (χ1v) is 10.3. The van der Waals surface area contributed by atoms with E-state index in [4.69, 9.17) is 20.5 Å². The van der Waals surface area contributed by atoms with Gasteiger partial charge in [-0.05, 0) is 25.5 Å². The number of hydrogen-bond acceptors (Lipinski definition) is 6. The Labute approximate surface area is 184 Å². The molecule has 0 atom stereocenters. The molecule has 0 aliphatic rings. The molecule has 0 spiro atoms. The van der Waals surface area contributed by atoms with Gasteiger partial charge >= 0.3 is 0 Å². The van der Waals surface area contributed by atoms with Crippen LogP contribution in [-0.4, -0.2) is 32.7 Å². The summed E-state index contributed by atoms with van der Waals surface area (Å²) in [5.41, 5.74) is 3.29. The first-order valence-electron chi connectivity index (χ1n) is 9.95. The minimum Gasteiger partial charge on any atom is -0.419 e. The van der Waals surface area contributed by atoms with E-state index in [2.05, 4.69) is 15.4 Å². The van der Waals surface area contributed by atoms with Gasteiger partial charge in [0.2, 0.25) is 17.5 Å². The molecule has 0 aliphatic heterocycles. The van der Waals surface area contributed by atoms with Crippen LogP contribution in [0.25, 0.3) is 22.7 Å². The number of aryl methyl sites for hydroxylation is 1. The lowest BCUT2D eigenvalue weighted by atomic mass is 10.1. The van der Waals surface area contributed by atoms with Crippen LogP contribution in [0.4, 0.5) is 0 Å². The van der Waals surface area contributed by atoms with Crippen LogP contribution < -0.4 is 0 Å². The summed E-state index contributed by atoms with van der Waals surface area (Å²) in [6, 6.07) is 16.7. The van der Waals surface area contributed by atoms with Gasteiger partial charge in [-0.3, -0.25) is 4.79 Å². The first-order chi connectivity index (χ1) is 15.0. The lowest BCUT2D eigenvalue weighted by Gasteiger charge is -2.18. The fourth-order valence-electron chi connectivity index (χ4n) is 3.14. The second-order valence-corrected chi connectivity index (χ2v) is 7.56. The SMILES string of the molecule is CCCN(Cc1nnc(-c2ccccc2Cl)o1)C(=O)c1cc(-c2ccc(C)cc2)no1. The summed E-state index contributed by atoms with van der Waals surface area (Å²) in [4.78, 5) is 14.7. The van der Waals surface area contributed by atoms with E-state index < -0.39 is 0 Å². The number of carbonyl (C=O) groups excluding carboxylic acids is 1. The highest BCUT2D eigenvalue weighted by Crippen LogP contribution is 2.27. The van der Waals surface area contributed by atoms with Crippen molar-refractivity contribution in [1.82, 2.24) is 20.3 Å². The first kappa shape index (κ1) is 20.8. The Balaban J connectivity index is 1.52.